The third-order valence-electron chi connectivity index (χ3n) is 11.4. The van der Waals surface area contributed by atoms with Gasteiger partial charge in [-0.1, -0.05) is 106 Å². The van der Waals surface area contributed by atoms with E-state index < -0.39 is 0 Å². The number of hydrogen-bond donors (Lipinski definition) is 0. The van der Waals surface area contributed by atoms with Crippen molar-refractivity contribution >= 4 is 96.7 Å². The Morgan fingerprint density at radius 1 is 0.400 bits per heavy atom. The van der Waals surface area contributed by atoms with Crippen LogP contribution in [0.2, 0.25) is 0 Å². The minimum Gasteiger partial charge on any atom is -0.140 e. The lowest BCUT2D eigenvalue weighted by Gasteiger charge is -2.26. The summed E-state index contributed by atoms with van der Waals surface area (Å²) >= 11 is 4.05. The van der Waals surface area contributed by atoms with Crippen molar-refractivity contribution in [3.8, 4) is 0 Å². The summed E-state index contributed by atoms with van der Waals surface area (Å²) in [6.45, 7) is 18.9. The maximum Gasteiger partial charge on any atom is 0.0352 e. The van der Waals surface area contributed by atoms with Crippen molar-refractivity contribution in [3.63, 3.8) is 0 Å². The first kappa shape index (κ1) is 33.9. The minimum atomic E-state index is 0.0353. The van der Waals surface area contributed by atoms with Gasteiger partial charge in [0.25, 0.3) is 0 Å². The molecule has 0 fully saturated rings. The van der Waals surface area contributed by atoms with Crippen LogP contribution in [0.15, 0.2) is 60.7 Å². The van der Waals surface area contributed by atoms with E-state index in [1.807, 2.05) is 22.7 Å². The molecular weight excluding hydrogens is 641 g/mol. The van der Waals surface area contributed by atoms with Crippen LogP contribution < -0.4 is 0 Å². The normalized spacial score (nSPS) is 13.2. The molecule has 258 valence electrons. The van der Waals surface area contributed by atoms with Crippen molar-refractivity contribution in [2.24, 2.45) is 0 Å². The van der Waals surface area contributed by atoms with Crippen molar-refractivity contribution in [2.75, 3.05) is 0 Å². The average Bonchev–Trinajstić information content (AvgIpc) is 3.70. The van der Waals surface area contributed by atoms with Crippen LogP contribution in [0, 0.1) is 0 Å². The lowest BCUT2D eigenvalue weighted by molar-refractivity contribution is 0.591. The molecule has 0 bridgehead atoms. The Hall–Kier alpha value is -3.20. The predicted octanol–water partition coefficient (Wildman–Crippen LogP) is 16.2. The number of fused-ring (bicyclic) bond motifs is 10. The molecule has 0 nitrogen and oxygen atoms in total. The molecule has 0 N–H and O–H groups in total. The van der Waals surface area contributed by atoms with E-state index in [0.29, 0.717) is 0 Å². The van der Waals surface area contributed by atoms with Crippen LogP contribution >= 0.6 is 22.7 Å². The second-order valence-corrected chi connectivity index (χ2v) is 19.6. The first-order valence-electron chi connectivity index (χ1n) is 19.5. The van der Waals surface area contributed by atoms with E-state index in [2.05, 4.69) is 116 Å². The third kappa shape index (κ3) is 5.70. The smallest absolute Gasteiger partial charge is 0.0352 e. The van der Waals surface area contributed by atoms with Crippen LogP contribution in [0.25, 0.3) is 74.0 Å². The highest BCUT2D eigenvalue weighted by Gasteiger charge is 2.26. The van der Waals surface area contributed by atoms with Gasteiger partial charge in [0.05, 0.1) is 0 Å². The molecule has 0 unspecified atom stereocenters. The molecule has 8 rings (SSSR count). The molecule has 0 aliphatic carbocycles. The topological polar surface area (TPSA) is 0 Å². The second kappa shape index (κ2) is 12.8. The van der Waals surface area contributed by atoms with E-state index in [1.165, 1.54) is 159 Å². The van der Waals surface area contributed by atoms with Crippen LogP contribution in [-0.2, 0) is 23.7 Å². The van der Waals surface area contributed by atoms with Gasteiger partial charge in [-0.3, -0.25) is 0 Å². The maximum atomic E-state index is 2.57. The SMILES string of the molecule is CCCCCCc1cc2c(ccc3c4cc(C(C)(C)C)cc5c6c7cc(CCCCCC)sc7ccc6c6cc(C(C)(C)C)cc(c23)c6c45)s1. The number of benzene rings is 6. The molecule has 8 aromatic rings. The fraction of sp³-hybridized carbons (Fsp3) is 0.417. The van der Waals surface area contributed by atoms with E-state index in [1.54, 1.807) is 0 Å². The summed E-state index contributed by atoms with van der Waals surface area (Å²) in [5, 5.41) is 17.3. The van der Waals surface area contributed by atoms with Crippen molar-refractivity contribution in [3.05, 3.63) is 81.5 Å². The summed E-state index contributed by atoms with van der Waals surface area (Å²) in [6, 6.07) is 25.2. The highest BCUT2D eigenvalue weighted by Crippen LogP contribution is 2.51. The van der Waals surface area contributed by atoms with Gasteiger partial charge in [-0.2, -0.15) is 0 Å². The van der Waals surface area contributed by atoms with Crippen LogP contribution in [0.5, 0.6) is 0 Å². The molecule has 2 heteroatoms. The Morgan fingerprint density at radius 2 is 0.800 bits per heavy atom. The van der Waals surface area contributed by atoms with Gasteiger partial charge in [0, 0.05) is 29.9 Å². The number of unbranched alkanes of at least 4 members (excludes halogenated alkanes) is 6. The summed E-state index contributed by atoms with van der Waals surface area (Å²) in [5.74, 6) is 0. The largest absolute Gasteiger partial charge is 0.140 e. The van der Waals surface area contributed by atoms with E-state index in [-0.39, 0.29) is 10.8 Å². The number of aryl methyl sites for hydroxylation is 2. The average molecular weight is 695 g/mol. The lowest BCUT2D eigenvalue weighted by atomic mass is 9.77. The van der Waals surface area contributed by atoms with Gasteiger partial charge in [0.2, 0.25) is 0 Å². The van der Waals surface area contributed by atoms with Crippen molar-refractivity contribution in [1.82, 2.24) is 0 Å². The standard InChI is InChI=1S/C48H54S2/c1-9-11-13-15-17-31-27-37-41(49-31)21-19-33-35-23-30(48(6,7)8)26-40-44-34(20-22-42-38(44)28-32(50-42)18-16-14-12-10-2)36-24-29(47(3,4)5)25-39(43(33)37)45(36)46(35)40/h19-28H,9-18H2,1-8H3. The number of hydrogen-bond acceptors (Lipinski definition) is 2. The summed E-state index contributed by atoms with van der Waals surface area (Å²) in [4.78, 5) is 3.08. The van der Waals surface area contributed by atoms with Crippen LogP contribution in [0.3, 0.4) is 0 Å². The fourth-order valence-electron chi connectivity index (χ4n) is 8.56. The Labute approximate surface area is 307 Å². The summed E-state index contributed by atoms with van der Waals surface area (Å²) in [5.41, 5.74) is 2.92. The van der Waals surface area contributed by atoms with Gasteiger partial charge in [0.15, 0.2) is 0 Å². The van der Waals surface area contributed by atoms with Gasteiger partial charge >= 0.3 is 0 Å². The molecule has 6 aromatic carbocycles. The van der Waals surface area contributed by atoms with Crippen molar-refractivity contribution in [1.29, 1.82) is 0 Å². The molecular formula is C48H54S2. The molecule has 2 heterocycles. The first-order chi connectivity index (χ1) is 24.0. The third-order valence-corrected chi connectivity index (χ3v) is 13.8. The van der Waals surface area contributed by atoms with Gasteiger partial charge in [0.1, 0.15) is 0 Å². The van der Waals surface area contributed by atoms with Crippen LogP contribution in [0.1, 0.15) is 128 Å². The highest BCUT2D eigenvalue weighted by atomic mass is 32.1. The highest BCUT2D eigenvalue weighted by molar-refractivity contribution is 7.19. The van der Waals surface area contributed by atoms with Crippen molar-refractivity contribution in [2.45, 2.75) is 130 Å². The summed E-state index contributed by atoms with van der Waals surface area (Å²) in [7, 11) is 0. The van der Waals surface area contributed by atoms with Crippen LogP contribution in [-0.4, -0.2) is 0 Å². The minimum absolute atomic E-state index is 0.0353. The Bertz CT molecular complexity index is 2340. The first-order valence-corrected chi connectivity index (χ1v) is 21.1. The van der Waals surface area contributed by atoms with Gasteiger partial charge < -0.3 is 0 Å². The van der Waals surface area contributed by atoms with E-state index >= 15 is 0 Å². The molecule has 50 heavy (non-hydrogen) atoms. The monoisotopic (exact) mass is 694 g/mol. The van der Waals surface area contributed by atoms with Gasteiger partial charge in [-0.25, -0.2) is 0 Å². The fourth-order valence-corrected chi connectivity index (χ4v) is 10.8. The van der Waals surface area contributed by atoms with E-state index in [0.717, 1.165) is 0 Å². The quantitative estimate of drug-likeness (QED) is 0.0759. The molecule has 0 aliphatic heterocycles. The number of thiophene rings is 2. The zero-order chi connectivity index (χ0) is 34.9. The second-order valence-electron chi connectivity index (χ2n) is 17.2. The molecule has 0 amide bonds. The Morgan fingerprint density at radius 3 is 1.18 bits per heavy atom. The van der Waals surface area contributed by atoms with Gasteiger partial charge in [-0.15, -0.1) is 22.7 Å². The zero-order valence-electron chi connectivity index (χ0n) is 31.7. The molecule has 0 aliphatic rings. The Balaban J connectivity index is 1.53. The van der Waals surface area contributed by atoms with E-state index in [9.17, 15) is 0 Å². The molecule has 0 radical (unpaired) electrons. The molecule has 0 atom stereocenters. The molecule has 0 saturated carbocycles. The molecule has 0 saturated heterocycles. The summed E-state index contributed by atoms with van der Waals surface area (Å²) in [6.07, 6.45) is 12.8. The zero-order valence-corrected chi connectivity index (χ0v) is 33.3. The lowest BCUT2D eigenvalue weighted by Crippen LogP contribution is -2.12. The van der Waals surface area contributed by atoms with Crippen LogP contribution in [0.4, 0.5) is 0 Å². The Kier molecular flexibility index (Phi) is 8.67. The van der Waals surface area contributed by atoms with Gasteiger partial charge in [-0.05, 0) is 150 Å². The number of rotatable bonds is 10. The van der Waals surface area contributed by atoms with Crippen molar-refractivity contribution < 1.29 is 0 Å². The molecule has 2 aromatic heterocycles. The predicted molar refractivity (Wildman–Crippen MR) is 229 cm³/mol. The molecule has 0 spiro atoms. The van der Waals surface area contributed by atoms with E-state index in [4.69, 9.17) is 0 Å². The maximum absolute atomic E-state index is 2.57. The summed E-state index contributed by atoms with van der Waals surface area (Å²) < 4.78 is 2.87.